The summed E-state index contributed by atoms with van der Waals surface area (Å²) < 4.78 is 9.29. The Labute approximate surface area is 121 Å². The van der Waals surface area contributed by atoms with E-state index in [9.17, 15) is 0 Å². The standard InChI is InChI=1S/C12H14Cl3NO2/c1-10(2,3)7-4-5-8-9(6-7)18-12(16,17-8)11(13,14)15/h4-6H,16H2,1-3H3/p+1/t12-/m0/s1. The van der Waals surface area contributed by atoms with E-state index in [0.717, 1.165) is 5.56 Å². The predicted molar refractivity (Wildman–Crippen MR) is 72.3 cm³/mol. The Morgan fingerprint density at radius 3 is 2.11 bits per heavy atom. The molecule has 1 aromatic carbocycles. The van der Waals surface area contributed by atoms with Gasteiger partial charge in [0.15, 0.2) is 11.5 Å². The van der Waals surface area contributed by atoms with E-state index in [1.165, 1.54) is 0 Å². The number of benzene rings is 1. The Balaban J connectivity index is 2.37. The zero-order valence-corrected chi connectivity index (χ0v) is 12.7. The Morgan fingerprint density at radius 2 is 1.61 bits per heavy atom. The molecule has 1 heterocycles. The van der Waals surface area contributed by atoms with Gasteiger partial charge in [-0.15, -0.1) is 0 Å². The van der Waals surface area contributed by atoms with Crippen molar-refractivity contribution in [2.75, 3.05) is 0 Å². The minimum Gasteiger partial charge on any atom is -0.400 e. The largest absolute Gasteiger partial charge is 0.449 e. The summed E-state index contributed by atoms with van der Waals surface area (Å²) in [6.45, 7) is 6.32. The molecule has 1 aliphatic rings. The third kappa shape index (κ3) is 2.37. The maximum Gasteiger partial charge on any atom is 0.449 e. The minimum absolute atomic E-state index is 0.00475. The van der Waals surface area contributed by atoms with Crippen molar-refractivity contribution in [3.8, 4) is 11.5 Å². The number of halogens is 3. The van der Waals surface area contributed by atoms with Gasteiger partial charge in [-0.25, -0.2) is 0 Å². The fourth-order valence-corrected chi connectivity index (χ4v) is 1.86. The van der Waals surface area contributed by atoms with E-state index in [1.54, 1.807) is 6.07 Å². The van der Waals surface area contributed by atoms with Crippen LogP contribution in [0.25, 0.3) is 0 Å². The van der Waals surface area contributed by atoms with Gasteiger partial charge in [0.05, 0.1) is 0 Å². The first kappa shape index (κ1) is 14.1. The van der Waals surface area contributed by atoms with Crippen molar-refractivity contribution in [2.24, 2.45) is 0 Å². The van der Waals surface area contributed by atoms with Gasteiger partial charge in [-0.05, 0) is 23.1 Å². The smallest absolute Gasteiger partial charge is 0.400 e. The first-order chi connectivity index (χ1) is 8.03. The molecule has 0 aromatic heterocycles. The van der Waals surface area contributed by atoms with Gasteiger partial charge >= 0.3 is 9.70 Å². The van der Waals surface area contributed by atoms with Crippen LogP contribution >= 0.6 is 34.8 Å². The maximum absolute atomic E-state index is 5.82. The van der Waals surface area contributed by atoms with Crippen molar-refractivity contribution < 1.29 is 15.2 Å². The molecule has 0 bridgehead atoms. The summed E-state index contributed by atoms with van der Waals surface area (Å²) in [5, 5.41) is 0. The maximum atomic E-state index is 5.82. The lowest BCUT2D eigenvalue weighted by molar-refractivity contribution is -0.587. The van der Waals surface area contributed by atoms with E-state index in [2.05, 4.69) is 26.5 Å². The second kappa shape index (κ2) is 4.07. The van der Waals surface area contributed by atoms with Crippen LogP contribution in [0.4, 0.5) is 0 Å². The van der Waals surface area contributed by atoms with Gasteiger partial charge in [0.25, 0.3) is 0 Å². The van der Waals surface area contributed by atoms with Crippen LogP contribution in [0, 0.1) is 0 Å². The van der Waals surface area contributed by atoms with E-state index in [1.807, 2.05) is 12.1 Å². The van der Waals surface area contributed by atoms with Gasteiger partial charge < -0.3 is 9.47 Å². The molecule has 1 aliphatic heterocycles. The van der Waals surface area contributed by atoms with E-state index in [0.29, 0.717) is 11.5 Å². The number of fused-ring (bicyclic) bond motifs is 1. The van der Waals surface area contributed by atoms with Crippen molar-refractivity contribution in [3.63, 3.8) is 0 Å². The van der Waals surface area contributed by atoms with Crippen molar-refractivity contribution in [2.45, 2.75) is 35.9 Å². The van der Waals surface area contributed by atoms with Crippen LogP contribution in [0.1, 0.15) is 26.3 Å². The number of hydrogen-bond acceptors (Lipinski definition) is 2. The molecular formula is C12H15Cl3NO2+. The molecule has 2 rings (SSSR count). The molecule has 3 nitrogen and oxygen atoms in total. The van der Waals surface area contributed by atoms with Gasteiger partial charge in [0, 0.05) is 0 Å². The van der Waals surface area contributed by atoms with Crippen LogP contribution in [-0.2, 0) is 5.41 Å². The van der Waals surface area contributed by atoms with Crippen LogP contribution in [0.2, 0.25) is 0 Å². The molecule has 0 amide bonds. The lowest BCUT2D eigenvalue weighted by Crippen LogP contribution is -2.83. The lowest BCUT2D eigenvalue weighted by atomic mass is 9.87. The summed E-state index contributed by atoms with van der Waals surface area (Å²) in [6, 6.07) is 5.66. The molecule has 1 aromatic rings. The Bertz CT molecular complexity index is 479. The highest BCUT2D eigenvalue weighted by atomic mass is 35.6. The topological polar surface area (TPSA) is 46.1 Å². The molecule has 0 spiro atoms. The van der Waals surface area contributed by atoms with Crippen molar-refractivity contribution in [3.05, 3.63) is 23.8 Å². The summed E-state index contributed by atoms with van der Waals surface area (Å²) in [7, 11) is 0. The van der Waals surface area contributed by atoms with Crippen LogP contribution in [-0.4, -0.2) is 9.70 Å². The molecule has 0 saturated heterocycles. The minimum atomic E-state index is -1.77. The molecule has 0 saturated carbocycles. The second-order valence-electron chi connectivity index (χ2n) is 5.37. The number of hydrogen-bond donors (Lipinski definition) is 1. The summed E-state index contributed by atoms with van der Waals surface area (Å²) in [5.41, 5.74) is 4.82. The molecule has 0 fully saturated rings. The van der Waals surface area contributed by atoms with Gasteiger partial charge in [0.1, 0.15) is 0 Å². The van der Waals surface area contributed by atoms with Gasteiger partial charge in [-0.3, -0.25) is 5.73 Å². The summed E-state index contributed by atoms with van der Waals surface area (Å²) in [4.78, 5) is 0. The van der Waals surface area contributed by atoms with Crippen LogP contribution in [0.5, 0.6) is 11.5 Å². The number of rotatable bonds is 0. The zero-order chi connectivity index (χ0) is 13.8. The number of quaternary nitrogens is 1. The Hall–Kier alpha value is -0.350. The lowest BCUT2D eigenvalue weighted by Gasteiger charge is -2.24. The number of ether oxygens (including phenoxy) is 2. The summed E-state index contributed by atoms with van der Waals surface area (Å²) in [5.74, 6) is -0.468. The Kier molecular flexibility index (Phi) is 3.18. The van der Waals surface area contributed by atoms with Gasteiger partial charge in [0.2, 0.25) is 0 Å². The summed E-state index contributed by atoms with van der Waals surface area (Å²) >= 11 is 17.5. The first-order valence-corrected chi connectivity index (χ1v) is 6.61. The normalized spacial score (nSPS) is 23.3. The average molecular weight is 312 g/mol. The molecule has 3 N–H and O–H groups in total. The van der Waals surface area contributed by atoms with Crippen molar-refractivity contribution in [1.82, 2.24) is 0 Å². The monoisotopic (exact) mass is 310 g/mol. The van der Waals surface area contributed by atoms with Crippen LogP contribution in [0.3, 0.4) is 0 Å². The van der Waals surface area contributed by atoms with E-state index in [4.69, 9.17) is 44.3 Å². The van der Waals surface area contributed by atoms with E-state index in [-0.39, 0.29) is 5.41 Å². The molecule has 0 unspecified atom stereocenters. The number of alkyl halides is 3. The first-order valence-electron chi connectivity index (χ1n) is 5.48. The molecule has 6 heteroatoms. The van der Waals surface area contributed by atoms with Gasteiger partial charge in [-0.2, -0.15) is 0 Å². The second-order valence-corrected chi connectivity index (χ2v) is 7.65. The van der Waals surface area contributed by atoms with Crippen LogP contribution < -0.4 is 15.2 Å². The van der Waals surface area contributed by atoms with E-state index >= 15 is 0 Å². The average Bonchev–Trinajstić information content (AvgIpc) is 2.51. The molecule has 1 atom stereocenters. The van der Waals surface area contributed by atoms with Gasteiger partial charge in [-0.1, -0.05) is 61.6 Å². The molecule has 0 radical (unpaired) electrons. The van der Waals surface area contributed by atoms with Crippen molar-refractivity contribution >= 4 is 34.8 Å². The SMILES string of the molecule is CC(C)(C)c1ccc2c(c1)O[C@]([NH3+])(C(Cl)(Cl)Cl)O2. The van der Waals surface area contributed by atoms with Crippen LogP contribution in [0.15, 0.2) is 18.2 Å². The molecular weight excluding hydrogens is 296 g/mol. The third-order valence-corrected chi connectivity index (χ3v) is 3.66. The van der Waals surface area contributed by atoms with E-state index < -0.39 is 9.70 Å². The fourth-order valence-electron chi connectivity index (χ4n) is 1.63. The highest BCUT2D eigenvalue weighted by Gasteiger charge is 2.59. The quantitative estimate of drug-likeness (QED) is 0.749. The summed E-state index contributed by atoms with van der Waals surface area (Å²) in [6.07, 6.45) is 0. The molecule has 18 heavy (non-hydrogen) atoms. The Morgan fingerprint density at radius 1 is 1.06 bits per heavy atom. The zero-order valence-electron chi connectivity index (χ0n) is 10.4. The highest BCUT2D eigenvalue weighted by Crippen LogP contribution is 2.47. The van der Waals surface area contributed by atoms with Crippen molar-refractivity contribution in [1.29, 1.82) is 0 Å². The molecule has 100 valence electrons. The predicted octanol–water partition coefficient (Wildman–Crippen LogP) is 3.02. The molecule has 0 aliphatic carbocycles. The highest BCUT2D eigenvalue weighted by molar-refractivity contribution is 6.68. The fraction of sp³-hybridized carbons (Fsp3) is 0.500. The third-order valence-electron chi connectivity index (χ3n) is 2.79.